The second-order valence-electron chi connectivity index (χ2n) is 15.6. The summed E-state index contributed by atoms with van der Waals surface area (Å²) >= 11 is 1.97. The van der Waals surface area contributed by atoms with E-state index in [2.05, 4.69) is 101 Å². The number of rotatable bonds is 18. The molecule has 0 radical (unpaired) electrons. The van der Waals surface area contributed by atoms with Gasteiger partial charge in [-0.3, -0.25) is 4.79 Å². The van der Waals surface area contributed by atoms with Crippen molar-refractivity contribution >= 4 is 34.4 Å². The summed E-state index contributed by atoms with van der Waals surface area (Å²) in [5.41, 5.74) is 1.46. The van der Waals surface area contributed by atoms with E-state index in [1.54, 1.807) is 0 Å². The highest BCUT2D eigenvalue weighted by Gasteiger charge is 2.43. The van der Waals surface area contributed by atoms with Crippen molar-refractivity contribution in [2.75, 3.05) is 5.75 Å². The maximum atomic E-state index is 10.9. The van der Waals surface area contributed by atoms with Crippen LogP contribution in [0.1, 0.15) is 120 Å². The molecule has 0 saturated heterocycles. The lowest BCUT2D eigenvalue weighted by Crippen LogP contribution is -2.45. The minimum Gasteiger partial charge on any atom is -0.481 e. The second kappa shape index (κ2) is 16.6. The fourth-order valence-corrected chi connectivity index (χ4v) is 8.80. The standard InChI is InChI=1S/C34H66O4SSi2/c1-14-15-19-26(2)24-28(37-40(10,11)33(4,5)6)21-22-29-30(38-41(12,13)34(7,8)9)25-27(3)32(29)39-23-18-16-17-20-31(35)36/h21-22,26,28-30H,14-20,23-25H2,1-13H3,(H,35,36)/b22-21+/t26-,28-,29+,30-/m1/s1. The van der Waals surface area contributed by atoms with Crippen LogP contribution in [0.2, 0.25) is 36.3 Å². The number of carboxylic acid groups (broad SMARTS) is 1. The number of carboxylic acids is 1. The first kappa shape index (κ1) is 38.7. The Hall–Kier alpha value is -0.346. The average Bonchev–Trinajstić information content (AvgIpc) is 3.09. The molecule has 1 aliphatic carbocycles. The van der Waals surface area contributed by atoms with Crippen molar-refractivity contribution in [2.45, 2.75) is 169 Å². The molecule has 240 valence electrons. The zero-order valence-electron chi connectivity index (χ0n) is 29.1. The number of unbranched alkanes of at least 4 members (excludes halogenated alkanes) is 3. The molecule has 1 N–H and O–H groups in total. The largest absolute Gasteiger partial charge is 0.481 e. The van der Waals surface area contributed by atoms with Gasteiger partial charge in [0, 0.05) is 12.3 Å². The molecule has 0 aromatic rings. The molecule has 4 atom stereocenters. The first-order valence-electron chi connectivity index (χ1n) is 16.3. The van der Waals surface area contributed by atoms with E-state index in [-0.39, 0.29) is 34.6 Å². The third-order valence-corrected chi connectivity index (χ3v) is 20.1. The summed E-state index contributed by atoms with van der Waals surface area (Å²) in [5.74, 6) is 1.22. The molecule has 0 heterocycles. The van der Waals surface area contributed by atoms with Gasteiger partial charge in [0.1, 0.15) is 0 Å². The van der Waals surface area contributed by atoms with Gasteiger partial charge in [0.2, 0.25) is 0 Å². The predicted molar refractivity (Wildman–Crippen MR) is 186 cm³/mol. The summed E-state index contributed by atoms with van der Waals surface area (Å²) in [5, 5.41) is 9.30. The Kier molecular flexibility index (Phi) is 15.7. The minimum atomic E-state index is -1.94. The van der Waals surface area contributed by atoms with Gasteiger partial charge >= 0.3 is 5.97 Å². The van der Waals surface area contributed by atoms with Gasteiger partial charge in [0.25, 0.3) is 0 Å². The number of hydrogen-bond donors (Lipinski definition) is 1. The van der Waals surface area contributed by atoms with Gasteiger partial charge in [0.05, 0.1) is 12.2 Å². The number of hydrogen-bond acceptors (Lipinski definition) is 4. The van der Waals surface area contributed by atoms with Crippen molar-refractivity contribution in [3.05, 3.63) is 22.6 Å². The van der Waals surface area contributed by atoms with Crippen LogP contribution in [0, 0.1) is 11.8 Å². The molecule has 1 aliphatic rings. The Morgan fingerprint density at radius 1 is 1.02 bits per heavy atom. The summed E-state index contributed by atoms with van der Waals surface area (Å²) in [6.45, 7) is 30.4. The molecule has 0 aliphatic heterocycles. The van der Waals surface area contributed by atoms with E-state index in [0.29, 0.717) is 5.92 Å². The summed E-state index contributed by atoms with van der Waals surface area (Å²) in [7, 11) is -3.87. The summed E-state index contributed by atoms with van der Waals surface area (Å²) < 4.78 is 14.2. The summed E-state index contributed by atoms with van der Waals surface area (Å²) in [6, 6.07) is 0. The highest BCUT2D eigenvalue weighted by Crippen LogP contribution is 2.46. The summed E-state index contributed by atoms with van der Waals surface area (Å²) in [4.78, 5) is 12.4. The van der Waals surface area contributed by atoms with Crippen LogP contribution in [-0.2, 0) is 13.6 Å². The Labute approximate surface area is 261 Å². The van der Waals surface area contributed by atoms with Crippen LogP contribution in [-0.4, -0.2) is 45.7 Å². The lowest BCUT2D eigenvalue weighted by Gasteiger charge is -2.40. The van der Waals surface area contributed by atoms with E-state index >= 15 is 0 Å². The zero-order chi connectivity index (χ0) is 31.6. The van der Waals surface area contributed by atoms with E-state index in [1.165, 1.54) is 29.7 Å². The van der Waals surface area contributed by atoms with Crippen molar-refractivity contribution < 1.29 is 18.8 Å². The van der Waals surface area contributed by atoms with Crippen LogP contribution in [0.4, 0.5) is 0 Å². The lowest BCUT2D eigenvalue weighted by molar-refractivity contribution is -0.137. The van der Waals surface area contributed by atoms with E-state index in [4.69, 9.17) is 14.0 Å². The molecule has 0 unspecified atom stereocenters. The van der Waals surface area contributed by atoms with Gasteiger partial charge in [-0.25, -0.2) is 0 Å². The van der Waals surface area contributed by atoms with Crippen LogP contribution < -0.4 is 0 Å². The number of carbonyl (C=O) groups is 1. The Bertz CT molecular complexity index is 867. The molecule has 4 nitrogen and oxygen atoms in total. The molecule has 1 rings (SSSR count). The van der Waals surface area contributed by atoms with Crippen LogP contribution in [0.3, 0.4) is 0 Å². The van der Waals surface area contributed by atoms with Crippen molar-refractivity contribution in [1.82, 2.24) is 0 Å². The van der Waals surface area contributed by atoms with E-state index in [1.807, 2.05) is 11.8 Å². The molecule has 0 spiro atoms. The van der Waals surface area contributed by atoms with Gasteiger partial charge < -0.3 is 14.0 Å². The monoisotopic (exact) mass is 626 g/mol. The van der Waals surface area contributed by atoms with Crippen molar-refractivity contribution in [3.63, 3.8) is 0 Å². The smallest absolute Gasteiger partial charge is 0.303 e. The van der Waals surface area contributed by atoms with Crippen molar-refractivity contribution in [2.24, 2.45) is 11.8 Å². The zero-order valence-corrected chi connectivity index (χ0v) is 31.9. The van der Waals surface area contributed by atoms with Crippen LogP contribution in [0.15, 0.2) is 22.6 Å². The highest BCUT2D eigenvalue weighted by atomic mass is 32.2. The van der Waals surface area contributed by atoms with Gasteiger partial charge in [-0.2, -0.15) is 0 Å². The molecule has 0 aromatic carbocycles. The maximum absolute atomic E-state index is 10.9. The first-order valence-corrected chi connectivity index (χ1v) is 23.1. The van der Waals surface area contributed by atoms with E-state index in [9.17, 15) is 4.79 Å². The third-order valence-electron chi connectivity index (χ3n) is 9.65. The van der Waals surface area contributed by atoms with Gasteiger partial charge in [0.15, 0.2) is 16.6 Å². The quantitative estimate of drug-likeness (QED) is 0.0931. The van der Waals surface area contributed by atoms with Crippen LogP contribution in [0.5, 0.6) is 0 Å². The molecule has 0 fully saturated rings. The fourth-order valence-electron chi connectivity index (χ4n) is 4.85. The Morgan fingerprint density at radius 3 is 2.17 bits per heavy atom. The number of thioether (sulfide) groups is 1. The van der Waals surface area contributed by atoms with Crippen LogP contribution in [0.25, 0.3) is 0 Å². The lowest BCUT2D eigenvalue weighted by atomic mass is 9.96. The van der Waals surface area contributed by atoms with Gasteiger partial charge in [-0.15, -0.1) is 11.8 Å². The first-order chi connectivity index (χ1) is 18.7. The number of aliphatic carboxylic acids is 1. The average molecular weight is 627 g/mol. The molecular weight excluding hydrogens is 561 g/mol. The van der Waals surface area contributed by atoms with Crippen molar-refractivity contribution in [1.29, 1.82) is 0 Å². The van der Waals surface area contributed by atoms with E-state index in [0.717, 1.165) is 37.9 Å². The molecular formula is C34H66O4SSi2. The molecule has 0 bridgehead atoms. The van der Waals surface area contributed by atoms with E-state index < -0.39 is 22.6 Å². The fraction of sp³-hybridized carbons (Fsp3) is 0.853. The van der Waals surface area contributed by atoms with Gasteiger partial charge in [-0.1, -0.05) is 98.8 Å². The Morgan fingerprint density at radius 2 is 1.63 bits per heavy atom. The topological polar surface area (TPSA) is 55.8 Å². The highest BCUT2D eigenvalue weighted by molar-refractivity contribution is 8.03. The van der Waals surface area contributed by atoms with Crippen molar-refractivity contribution in [3.8, 4) is 0 Å². The van der Waals surface area contributed by atoms with Crippen LogP contribution >= 0.6 is 11.8 Å². The van der Waals surface area contributed by atoms with Gasteiger partial charge in [-0.05, 0) is 85.4 Å². The second-order valence-corrected chi connectivity index (χ2v) is 26.3. The summed E-state index contributed by atoms with van der Waals surface area (Å²) in [6.07, 6.45) is 14.0. The third kappa shape index (κ3) is 13.0. The predicted octanol–water partition coefficient (Wildman–Crippen LogP) is 11.2. The molecule has 0 aromatic heterocycles. The normalized spacial score (nSPS) is 20.7. The minimum absolute atomic E-state index is 0.124. The maximum Gasteiger partial charge on any atom is 0.303 e. The molecule has 41 heavy (non-hydrogen) atoms. The Balaban J connectivity index is 3.26. The SMILES string of the molecule is CCCC[C@@H](C)C[C@@H](/C=C/[C@@H]1C(SCCCCCC(=O)O)=C(C)C[C@H]1O[Si](C)(C)C(C)(C)C)O[Si](C)(C)C(C)(C)C. The molecule has 0 saturated carbocycles. The molecule has 7 heteroatoms. The molecule has 0 amide bonds.